The summed E-state index contributed by atoms with van der Waals surface area (Å²) < 4.78 is 10.3. The first-order valence-electron chi connectivity index (χ1n) is 9.34. The van der Waals surface area contributed by atoms with E-state index in [9.17, 15) is 19.2 Å². The van der Waals surface area contributed by atoms with E-state index in [4.69, 9.17) is 21.1 Å². The number of carbonyl (C=O) groups is 4. The van der Waals surface area contributed by atoms with Crippen LogP contribution in [0.15, 0.2) is 54.1 Å². The number of nitrogens with one attached hydrogen (secondary N) is 1. The van der Waals surface area contributed by atoms with Crippen molar-refractivity contribution in [2.75, 3.05) is 11.5 Å². The van der Waals surface area contributed by atoms with E-state index in [0.29, 0.717) is 16.3 Å². The third-order valence-electron chi connectivity index (χ3n) is 4.08. The van der Waals surface area contributed by atoms with E-state index in [0.717, 1.165) is 4.90 Å². The normalized spacial score (nSPS) is 15.3. The van der Waals surface area contributed by atoms with E-state index in [1.165, 1.54) is 18.2 Å². The Balaban J connectivity index is 1.77. The Morgan fingerprint density at radius 3 is 2.48 bits per heavy atom. The van der Waals surface area contributed by atoms with E-state index in [1.54, 1.807) is 50.2 Å². The molecular weight excluding hydrogens is 424 g/mol. The van der Waals surface area contributed by atoms with Crippen molar-refractivity contribution in [3.05, 3.63) is 64.7 Å². The van der Waals surface area contributed by atoms with Crippen LogP contribution >= 0.6 is 11.6 Å². The Hall–Kier alpha value is -3.65. The van der Waals surface area contributed by atoms with Gasteiger partial charge in [0.1, 0.15) is 11.3 Å². The summed E-state index contributed by atoms with van der Waals surface area (Å²) in [6.07, 6.45) is 1.13. The zero-order valence-corrected chi connectivity index (χ0v) is 17.5. The third-order valence-corrected chi connectivity index (χ3v) is 4.32. The lowest BCUT2D eigenvalue weighted by atomic mass is 10.1. The summed E-state index contributed by atoms with van der Waals surface area (Å²) in [7, 11) is 0. The highest BCUT2D eigenvalue weighted by atomic mass is 35.5. The average molecular weight is 443 g/mol. The first-order valence-corrected chi connectivity index (χ1v) is 9.72. The first kappa shape index (κ1) is 22.0. The second kappa shape index (κ2) is 9.44. The average Bonchev–Trinajstić information content (AvgIpc) is 2.70. The summed E-state index contributed by atoms with van der Waals surface area (Å²) in [5, 5.41) is 2.49. The van der Waals surface area contributed by atoms with Gasteiger partial charge < -0.3 is 9.47 Å². The number of urea groups is 1. The van der Waals surface area contributed by atoms with Crippen LogP contribution in [-0.2, 0) is 19.1 Å². The smallest absolute Gasteiger partial charge is 0.344 e. The zero-order chi connectivity index (χ0) is 22.5. The number of hydrogen-bond acceptors (Lipinski definition) is 6. The van der Waals surface area contributed by atoms with Crippen LogP contribution in [0.2, 0.25) is 5.02 Å². The summed E-state index contributed by atoms with van der Waals surface area (Å²) in [5.74, 6) is -1.65. The quantitative estimate of drug-likeness (QED) is 0.418. The van der Waals surface area contributed by atoms with Crippen LogP contribution in [0.1, 0.15) is 19.4 Å². The van der Waals surface area contributed by atoms with Gasteiger partial charge in [-0.1, -0.05) is 29.8 Å². The molecule has 0 aliphatic carbocycles. The molecule has 160 valence electrons. The monoisotopic (exact) mass is 442 g/mol. The largest absolute Gasteiger partial charge is 0.482 e. The van der Waals surface area contributed by atoms with Crippen molar-refractivity contribution in [3.8, 4) is 5.75 Å². The van der Waals surface area contributed by atoms with Crippen LogP contribution < -0.4 is 15.0 Å². The first-order chi connectivity index (χ1) is 14.7. The van der Waals surface area contributed by atoms with Gasteiger partial charge in [0.15, 0.2) is 6.61 Å². The van der Waals surface area contributed by atoms with Crippen LogP contribution in [0.4, 0.5) is 10.5 Å². The van der Waals surface area contributed by atoms with E-state index >= 15 is 0 Å². The predicted octanol–water partition coefficient (Wildman–Crippen LogP) is 3.34. The molecule has 1 aliphatic heterocycles. The number of rotatable bonds is 6. The molecular formula is C22H19ClN2O6. The lowest BCUT2D eigenvalue weighted by Gasteiger charge is -2.26. The third kappa shape index (κ3) is 5.49. The molecule has 4 amide bonds. The van der Waals surface area contributed by atoms with E-state index in [-0.39, 0.29) is 24.0 Å². The van der Waals surface area contributed by atoms with Gasteiger partial charge in [0.25, 0.3) is 11.8 Å². The fourth-order valence-corrected chi connectivity index (χ4v) is 2.96. The Labute approximate surface area is 183 Å². The molecule has 0 spiro atoms. The predicted molar refractivity (Wildman–Crippen MR) is 114 cm³/mol. The minimum absolute atomic E-state index is 0.214. The molecule has 1 fully saturated rings. The fourth-order valence-electron chi connectivity index (χ4n) is 2.77. The summed E-state index contributed by atoms with van der Waals surface area (Å²) in [4.78, 5) is 49.7. The molecule has 31 heavy (non-hydrogen) atoms. The molecule has 0 saturated carbocycles. The SMILES string of the molecule is CC(C)OC(=O)COc1ccc(/C=C2\C(=O)NC(=O)N(c3cccc(Cl)c3)C2=O)cc1. The number of amides is 4. The molecule has 0 radical (unpaired) electrons. The van der Waals surface area contributed by atoms with Crippen molar-refractivity contribution in [1.29, 1.82) is 0 Å². The van der Waals surface area contributed by atoms with Crippen molar-refractivity contribution < 1.29 is 28.7 Å². The van der Waals surface area contributed by atoms with Crippen molar-refractivity contribution in [1.82, 2.24) is 5.32 Å². The highest BCUT2D eigenvalue weighted by Gasteiger charge is 2.36. The Morgan fingerprint density at radius 1 is 1.13 bits per heavy atom. The Morgan fingerprint density at radius 2 is 1.84 bits per heavy atom. The van der Waals surface area contributed by atoms with Crippen LogP contribution in [0.3, 0.4) is 0 Å². The molecule has 2 aromatic carbocycles. The van der Waals surface area contributed by atoms with Crippen molar-refractivity contribution >= 4 is 47.2 Å². The maximum Gasteiger partial charge on any atom is 0.344 e. The van der Waals surface area contributed by atoms with E-state index in [1.807, 2.05) is 0 Å². The topological polar surface area (TPSA) is 102 Å². The molecule has 0 bridgehead atoms. The number of esters is 1. The number of anilines is 1. The van der Waals surface area contributed by atoms with Gasteiger partial charge >= 0.3 is 12.0 Å². The van der Waals surface area contributed by atoms with E-state index in [2.05, 4.69) is 5.32 Å². The second-order valence-electron chi connectivity index (χ2n) is 6.83. The van der Waals surface area contributed by atoms with Crippen LogP contribution in [0.5, 0.6) is 5.75 Å². The molecule has 1 saturated heterocycles. The van der Waals surface area contributed by atoms with Gasteiger partial charge in [0.2, 0.25) is 0 Å². The highest BCUT2D eigenvalue weighted by molar-refractivity contribution is 6.39. The molecule has 2 aromatic rings. The molecule has 1 heterocycles. The van der Waals surface area contributed by atoms with Crippen LogP contribution in [-0.4, -0.2) is 36.5 Å². The van der Waals surface area contributed by atoms with E-state index < -0.39 is 23.8 Å². The highest BCUT2D eigenvalue weighted by Crippen LogP contribution is 2.25. The zero-order valence-electron chi connectivity index (χ0n) is 16.8. The lowest BCUT2D eigenvalue weighted by molar-refractivity contribution is -0.149. The minimum Gasteiger partial charge on any atom is -0.482 e. The molecule has 0 aromatic heterocycles. The molecule has 1 N–H and O–H groups in total. The van der Waals surface area contributed by atoms with Gasteiger partial charge in [-0.05, 0) is 55.8 Å². The molecule has 1 aliphatic rings. The van der Waals surface area contributed by atoms with Crippen LogP contribution in [0.25, 0.3) is 6.08 Å². The Kier molecular flexibility index (Phi) is 6.71. The Bertz CT molecular complexity index is 1060. The van der Waals surface area contributed by atoms with Crippen molar-refractivity contribution in [2.45, 2.75) is 20.0 Å². The summed E-state index contributed by atoms with van der Waals surface area (Å²) >= 11 is 5.95. The summed E-state index contributed by atoms with van der Waals surface area (Å²) in [6, 6.07) is 11.7. The number of carbonyl (C=O) groups excluding carboxylic acids is 4. The maximum atomic E-state index is 12.9. The van der Waals surface area contributed by atoms with Gasteiger partial charge in [-0.3, -0.25) is 14.9 Å². The lowest BCUT2D eigenvalue weighted by Crippen LogP contribution is -2.54. The number of imide groups is 2. The molecule has 8 nitrogen and oxygen atoms in total. The van der Waals surface area contributed by atoms with Crippen molar-refractivity contribution in [3.63, 3.8) is 0 Å². The summed E-state index contributed by atoms with van der Waals surface area (Å²) in [5.41, 5.74) is 0.551. The number of hydrogen-bond donors (Lipinski definition) is 1. The number of benzene rings is 2. The number of halogens is 1. The molecule has 9 heteroatoms. The molecule has 0 unspecified atom stereocenters. The van der Waals surface area contributed by atoms with Crippen molar-refractivity contribution in [2.24, 2.45) is 0 Å². The number of barbiturate groups is 1. The molecule has 3 rings (SSSR count). The number of nitrogens with zero attached hydrogens (tertiary/aromatic N) is 1. The van der Waals surface area contributed by atoms with Gasteiger partial charge in [-0.25, -0.2) is 14.5 Å². The fraction of sp³-hybridized carbons (Fsp3) is 0.182. The standard InChI is InChI=1S/C22H19ClN2O6/c1-13(2)31-19(26)12-30-17-8-6-14(7-9-17)10-18-20(27)24-22(29)25(21(18)28)16-5-3-4-15(23)11-16/h3-11,13H,12H2,1-2H3,(H,24,27,29)/b18-10+. The van der Waals surface area contributed by atoms with Gasteiger partial charge in [0, 0.05) is 5.02 Å². The van der Waals surface area contributed by atoms with Gasteiger partial charge in [-0.2, -0.15) is 0 Å². The second-order valence-corrected chi connectivity index (χ2v) is 7.27. The van der Waals surface area contributed by atoms with Gasteiger partial charge in [-0.15, -0.1) is 0 Å². The minimum atomic E-state index is -0.855. The summed E-state index contributed by atoms with van der Waals surface area (Å²) in [6.45, 7) is 3.24. The number of ether oxygens (including phenoxy) is 2. The van der Waals surface area contributed by atoms with Gasteiger partial charge in [0.05, 0.1) is 11.8 Å². The maximum absolute atomic E-state index is 12.9. The molecule has 0 atom stereocenters. The van der Waals surface area contributed by atoms with Crippen LogP contribution in [0, 0.1) is 0 Å².